The van der Waals surface area contributed by atoms with E-state index < -0.39 is 0 Å². The molecule has 1 aliphatic rings. The van der Waals surface area contributed by atoms with Gasteiger partial charge in [-0.3, -0.25) is 9.69 Å². The smallest absolute Gasteiger partial charge is 0.266 e. The zero-order chi connectivity index (χ0) is 19.7. The minimum Gasteiger partial charge on any atom is -0.313 e. The van der Waals surface area contributed by atoms with Crippen molar-refractivity contribution >= 4 is 33.6 Å². The molecule has 3 heterocycles. The number of aryl methyl sites for hydroxylation is 1. The molecule has 0 unspecified atom stereocenters. The number of rotatable bonds is 5. The van der Waals surface area contributed by atoms with Crippen molar-refractivity contribution in [3.8, 4) is 0 Å². The van der Waals surface area contributed by atoms with Gasteiger partial charge >= 0.3 is 0 Å². The number of benzene rings is 1. The van der Waals surface area contributed by atoms with Crippen LogP contribution in [0.1, 0.15) is 50.1 Å². The summed E-state index contributed by atoms with van der Waals surface area (Å²) >= 11 is 3.04. The Bertz CT molecular complexity index is 975. The topological polar surface area (TPSA) is 32.3 Å². The molecule has 0 radical (unpaired) electrons. The van der Waals surface area contributed by atoms with E-state index in [1.54, 1.807) is 23.5 Å². The highest BCUT2D eigenvalue weighted by Gasteiger charge is 2.31. The first kappa shape index (κ1) is 19.3. The molecule has 1 N–H and O–H groups in total. The predicted molar refractivity (Wildman–Crippen MR) is 115 cm³/mol. The minimum atomic E-state index is -0.226. The van der Waals surface area contributed by atoms with E-state index in [1.165, 1.54) is 27.8 Å². The lowest BCUT2D eigenvalue weighted by atomic mass is 9.95. The number of amides is 1. The summed E-state index contributed by atoms with van der Waals surface area (Å²) in [5.41, 5.74) is 3.21. The summed E-state index contributed by atoms with van der Waals surface area (Å²) in [6.45, 7) is 6.14. The molecule has 3 nitrogen and oxygen atoms in total. The number of anilines is 1. The molecule has 146 valence electrons. The molecule has 3 aromatic rings. The largest absolute Gasteiger partial charge is 0.313 e. The van der Waals surface area contributed by atoms with Crippen molar-refractivity contribution in [3.63, 3.8) is 0 Å². The Balaban J connectivity index is 1.78. The highest BCUT2D eigenvalue weighted by Crippen LogP contribution is 2.43. The molecule has 6 heteroatoms. The quantitative estimate of drug-likeness (QED) is 0.555. The number of hydrogen-bond donors (Lipinski definition) is 1. The van der Waals surface area contributed by atoms with Crippen molar-refractivity contribution in [2.75, 3.05) is 18.4 Å². The Labute approximate surface area is 172 Å². The molecule has 0 bridgehead atoms. The maximum atomic E-state index is 14.0. The van der Waals surface area contributed by atoms with E-state index in [9.17, 15) is 9.18 Å². The van der Waals surface area contributed by atoms with Gasteiger partial charge in [-0.1, -0.05) is 18.2 Å². The monoisotopic (exact) mass is 414 g/mol. The van der Waals surface area contributed by atoms with Crippen LogP contribution in [0.4, 0.5) is 9.39 Å². The summed E-state index contributed by atoms with van der Waals surface area (Å²) in [5.74, 6) is -0.313. The number of likely N-dealkylation sites (tertiary alicyclic amines) is 1. The average Bonchev–Trinajstić information content (AvgIpc) is 3.42. The first-order valence-corrected chi connectivity index (χ1v) is 11.2. The summed E-state index contributed by atoms with van der Waals surface area (Å²) < 4.78 is 14.0. The van der Waals surface area contributed by atoms with Crippen LogP contribution in [0.2, 0.25) is 0 Å². The molecule has 4 rings (SSSR count). The number of hydrogen-bond acceptors (Lipinski definition) is 4. The van der Waals surface area contributed by atoms with Gasteiger partial charge < -0.3 is 5.32 Å². The molecule has 1 aromatic carbocycles. The Morgan fingerprint density at radius 1 is 1.18 bits per heavy atom. The van der Waals surface area contributed by atoms with E-state index in [4.69, 9.17) is 0 Å². The van der Waals surface area contributed by atoms with Gasteiger partial charge in [0.05, 0.1) is 10.9 Å². The van der Waals surface area contributed by atoms with Crippen LogP contribution in [-0.2, 0) is 0 Å². The Kier molecular flexibility index (Phi) is 5.62. The van der Waals surface area contributed by atoms with Gasteiger partial charge in [-0.2, -0.15) is 0 Å². The van der Waals surface area contributed by atoms with Gasteiger partial charge in [-0.25, -0.2) is 4.39 Å². The summed E-state index contributed by atoms with van der Waals surface area (Å²) in [7, 11) is 0. The van der Waals surface area contributed by atoms with Gasteiger partial charge in [0.15, 0.2) is 0 Å². The fraction of sp³-hybridized carbons (Fsp3) is 0.318. The van der Waals surface area contributed by atoms with Crippen molar-refractivity contribution in [1.82, 2.24) is 4.90 Å². The fourth-order valence-corrected chi connectivity index (χ4v) is 5.58. The van der Waals surface area contributed by atoms with Crippen LogP contribution in [0.3, 0.4) is 0 Å². The third kappa shape index (κ3) is 3.77. The number of nitrogens with zero attached hydrogens (tertiary/aromatic N) is 1. The van der Waals surface area contributed by atoms with Gasteiger partial charge in [-0.15, -0.1) is 22.7 Å². The molecule has 0 spiro atoms. The van der Waals surface area contributed by atoms with Crippen LogP contribution < -0.4 is 5.32 Å². The van der Waals surface area contributed by atoms with E-state index in [0.29, 0.717) is 4.88 Å². The molecule has 2 aromatic heterocycles. The molecule has 1 atom stereocenters. The van der Waals surface area contributed by atoms with Gasteiger partial charge in [0, 0.05) is 10.4 Å². The standard InChI is InChI=1S/C22H23FN2OS2/c1-14-15(2)28-22(24-21(26)18-9-6-12-27-18)19(14)20(25-10-3-4-11-25)16-7-5-8-17(23)13-16/h5-9,12-13,20H,3-4,10-11H2,1-2H3,(H,24,26)/t20-/m0/s1. The van der Waals surface area contributed by atoms with E-state index in [2.05, 4.69) is 24.1 Å². The fourth-order valence-electron chi connectivity index (χ4n) is 3.88. The number of nitrogens with one attached hydrogen (secondary N) is 1. The zero-order valence-electron chi connectivity index (χ0n) is 16.0. The Hall–Kier alpha value is -2.02. The van der Waals surface area contributed by atoms with E-state index >= 15 is 0 Å². The maximum absolute atomic E-state index is 14.0. The summed E-state index contributed by atoms with van der Waals surface area (Å²) in [6, 6.07) is 10.5. The Morgan fingerprint density at radius 2 is 1.96 bits per heavy atom. The third-order valence-corrected chi connectivity index (χ3v) is 7.35. The van der Waals surface area contributed by atoms with Crippen molar-refractivity contribution in [3.05, 3.63) is 74.0 Å². The van der Waals surface area contributed by atoms with E-state index in [-0.39, 0.29) is 17.8 Å². The molecule has 1 amide bonds. The normalized spacial score (nSPS) is 15.7. The predicted octanol–water partition coefficient (Wildman–Crippen LogP) is 6.00. The Morgan fingerprint density at radius 3 is 2.64 bits per heavy atom. The lowest BCUT2D eigenvalue weighted by Crippen LogP contribution is -2.28. The van der Waals surface area contributed by atoms with Gasteiger partial charge in [0.2, 0.25) is 0 Å². The second-order valence-corrected chi connectivity index (χ2v) is 9.33. The molecule has 28 heavy (non-hydrogen) atoms. The molecule has 0 aliphatic carbocycles. The van der Waals surface area contributed by atoms with Crippen molar-refractivity contribution in [1.29, 1.82) is 0 Å². The molecule has 1 fully saturated rings. The zero-order valence-corrected chi connectivity index (χ0v) is 17.6. The van der Waals surface area contributed by atoms with Crippen LogP contribution >= 0.6 is 22.7 Å². The van der Waals surface area contributed by atoms with Crippen LogP contribution in [0.5, 0.6) is 0 Å². The summed E-state index contributed by atoms with van der Waals surface area (Å²) in [6.07, 6.45) is 2.29. The highest BCUT2D eigenvalue weighted by molar-refractivity contribution is 7.17. The number of halogens is 1. The van der Waals surface area contributed by atoms with Gasteiger partial charge in [0.25, 0.3) is 5.91 Å². The second kappa shape index (κ2) is 8.15. The van der Waals surface area contributed by atoms with Gasteiger partial charge in [0.1, 0.15) is 10.8 Å². The lowest BCUT2D eigenvalue weighted by Gasteiger charge is -2.29. The molecule has 0 saturated carbocycles. The van der Waals surface area contributed by atoms with Crippen LogP contribution in [0.15, 0.2) is 41.8 Å². The molecule has 1 saturated heterocycles. The van der Waals surface area contributed by atoms with Crippen molar-refractivity contribution < 1.29 is 9.18 Å². The minimum absolute atomic E-state index is 0.0539. The molecular formula is C22H23FN2OS2. The highest BCUT2D eigenvalue weighted by atomic mass is 32.1. The molecule has 1 aliphatic heterocycles. The third-order valence-electron chi connectivity index (χ3n) is 5.35. The average molecular weight is 415 g/mol. The van der Waals surface area contributed by atoms with E-state index in [0.717, 1.165) is 42.1 Å². The van der Waals surface area contributed by atoms with E-state index in [1.807, 2.05) is 23.6 Å². The van der Waals surface area contributed by atoms with Crippen LogP contribution in [0, 0.1) is 19.7 Å². The SMILES string of the molecule is Cc1sc(NC(=O)c2cccs2)c([C@H](c2cccc(F)c2)N2CCCC2)c1C. The second-order valence-electron chi connectivity index (χ2n) is 7.16. The lowest BCUT2D eigenvalue weighted by molar-refractivity contribution is 0.103. The number of carbonyl (C=O) groups is 1. The summed E-state index contributed by atoms with van der Waals surface area (Å²) in [4.78, 5) is 17.0. The van der Waals surface area contributed by atoms with Gasteiger partial charge in [-0.05, 0) is 74.5 Å². The van der Waals surface area contributed by atoms with Crippen LogP contribution in [0.25, 0.3) is 0 Å². The van der Waals surface area contributed by atoms with Crippen molar-refractivity contribution in [2.24, 2.45) is 0 Å². The first-order chi connectivity index (χ1) is 13.5. The maximum Gasteiger partial charge on any atom is 0.266 e. The van der Waals surface area contributed by atoms with Crippen molar-refractivity contribution in [2.45, 2.75) is 32.7 Å². The van der Waals surface area contributed by atoms with Crippen LogP contribution in [-0.4, -0.2) is 23.9 Å². The number of thiophene rings is 2. The molecular weight excluding hydrogens is 391 g/mol. The first-order valence-electron chi connectivity index (χ1n) is 9.49. The number of carbonyl (C=O) groups excluding carboxylic acids is 1. The summed E-state index contributed by atoms with van der Waals surface area (Å²) in [5, 5.41) is 5.91.